The highest BCUT2D eigenvalue weighted by molar-refractivity contribution is 14.1. The number of aromatic amines is 1. The van der Waals surface area contributed by atoms with Crippen molar-refractivity contribution in [2.75, 3.05) is 7.11 Å². The van der Waals surface area contributed by atoms with Gasteiger partial charge in [0.2, 0.25) is 0 Å². The SMILES string of the molecule is COc1ccc(-c2ncc(I)c(=O)[nH]2)cc1. The summed E-state index contributed by atoms with van der Waals surface area (Å²) in [6, 6.07) is 7.36. The number of ether oxygens (including phenoxy) is 1. The number of halogens is 1. The van der Waals surface area contributed by atoms with Crippen molar-refractivity contribution >= 4 is 22.6 Å². The molecule has 0 aliphatic heterocycles. The van der Waals surface area contributed by atoms with Gasteiger partial charge in [-0.25, -0.2) is 4.98 Å². The van der Waals surface area contributed by atoms with Crippen molar-refractivity contribution in [1.82, 2.24) is 9.97 Å². The van der Waals surface area contributed by atoms with Crippen LogP contribution < -0.4 is 10.3 Å². The van der Waals surface area contributed by atoms with Crippen molar-refractivity contribution in [1.29, 1.82) is 0 Å². The maximum Gasteiger partial charge on any atom is 0.264 e. The molecule has 16 heavy (non-hydrogen) atoms. The number of H-pyrrole nitrogens is 1. The Balaban J connectivity index is 2.42. The second-order valence-corrected chi connectivity index (χ2v) is 4.30. The minimum absolute atomic E-state index is 0.124. The van der Waals surface area contributed by atoms with Crippen LogP contribution in [0.1, 0.15) is 0 Å². The van der Waals surface area contributed by atoms with Crippen LogP contribution >= 0.6 is 22.6 Å². The molecule has 0 atom stereocenters. The highest BCUT2D eigenvalue weighted by atomic mass is 127. The molecule has 0 bridgehead atoms. The standard InChI is InChI=1S/C11H9IN2O2/c1-16-8-4-2-7(3-5-8)10-13-6-9(12)11(15)14-10/h2-6H,1H3,(H,13,14,15). The van der Waals surface area contributed by atoms with Crippen molar-refractivity contribution < 1.29 is 4.74 Å². The van der Waals surface area contributed by atoms with E-state index in [4.69, 9.17) is 4.74 Å². The molecule has 5 heteroatoms. The van der Waals surface area contributed by atoms with E-state index >= 15 is 0 Å². The molecule has 0 saturated heterocycles. The van der Waals surface area contributed by atoms with E-state index < -0.39 is 0 Å². The highest BCUT2D eigenvalue weighted by Crippen LogP contribution is 2.18. The maximum absolute atomic E-state index is 11.4. The largest absolute Gasteiger partial charge is 0.497 e. The Morgan fingerprint density at radius 1 is 1.31 bits per heavy atom. The van der Waals surface area contributed by atoms with Crippen molar-refractivity contribution in [3.63, 3.8) is 0 Å². The average Bonchev–Trinajstić information content (AvgIpc) is 2.33. The fourth-order valence-corrected chi connectivity index (χ4v) is 1.55. The Kier molecular flexibility index (Phi) is 3.23. The summed E-state index contributed by atoms with van der Waals surface area (Å²) in [5.74, 6) is 1.34. The number of benzene rings is 1. The first-order valence-corrected chi connectivity index (χ1v) is 5.68. The number of aromatic nitrogens is 2. The molecule has 1 N–H and O–H groups in total. The molecule has 0 radical (unpaired) electrons. The van der Waals surface area contributed by atoms with Crippen LogP contribution in [-0.2, 0) is 0 Å². The Bertz CT molecular complexity index is 549. The average molecular weight is 328 g/mol. The second-order valence-electron chi connectivity index (χ2n) is 3.14. The van der Waals surface area contributed by atoms with Crippen LogP contribution in [0.5, 0.6) is 5.75 Å². The zero-order valence-electron chi connectivity index (χ0n) is 8.53. The first kappa shape index (κ1) is 11.1. The maximum atomic E-state index is 11.4. The first-order chi connectivity index (χ1) is 7.70. The Morgan fingerprint density at radius 3 is 2.56 bits per heavy atom. The summed E-state index contributed by atoms with van der Waals surface area (Å²) in [6.07, 6.45) is 1.55. The third-order valence-corrected chi connectivity index (χ3v) is 2.89. The number of nitrogens with zero attached hydrogens (tertiary/aromatic N) is 1. The normalized spacial score (nSPS) is 10.1. The van der Waals surface area contributed by atoms with Crippen LogP contribution in [0.25, 0.3) is 11.4 Å². The molecule has 4 nitrogen and oxygen atoms in total. The molecule has 0 aliphatic carbocycles. The number of methoxy groups -OCH3 is 1. The summed E-state index contributed by atoms with van der Waals surface area (Å²) < 4.78 is 5.63. The summed E-state index contributed by atoms with van der Waals surface area (Å²) in [6.45, 7) is 0. The number of nitrogens with one attached hydrogen (secondary N) is 1. The lowest BCUT2D eigenvalue weighted by atomic mass is 10.2. The van der Waals surface area contributed by atoms with Gasteiger partial charge in [0.1, 0.15) is 11.6 Å². The lowest BCUT2D eigenvalue weighted by molar-refractivity contribution is 0.415. The molecular weight excluding hydrogens is 319 g/mol. The smallest absolute Gasteiger partial charge is 0.264 e. The Morgan fingerprint density at radius 2 is 2.00 bits per heavy atom. The van der Waals surface area contributed by atoms with Gasteiger partial charge in [-0.3, -0.25) is 4.79 Å². The number of rotatable bonds is 2. The van der Waals surface area contributed by atoms with Gasteiger partial charge in [-0.15, -0.1) is 0 Å². The quantitative estimate of drug-likeness (QED) is 0.859. The van der Waals surface area contributed by atoms with Crippen LogP contribution in [0.15, 0.2) is 35.3 Å². The van der Waals surface area contributed by atoms with Crippen LogP contribution in [0.2, 0.25) is 0 Å². The first-order valence-electron chi connectivity index (χ1n) is 4.60. The fraction of sp³-hybridized carbons (Fsp3) is 0.0909. The zero-order valence-corrected chi connectivity index (χ0v) is 10.7. The monoisotopic (exact) mass is 328 g/mol. The molecule has 0 unspecified atom stereocenters. The van der Waals surface area contributed by atoms with E-state index in [0.717, 1.165) is 11.3 Å². The second kappa shape index (κ2) is 4.65. The summed E-state index contributed by atoms with van der Waals surface area (Å²) in [7, 11) is 1.61. The van der Waals surface area contributed by atoms with E-state index in [9.17, 15) is 4.79 Å². The van der Waals surface area contributed by atoms with E-state index in [1.807, 2.05) is 46.9 Å². The predicted molar refractivity (Wildman–Crippen MR) is 69.6 cm³/mol. The molecule has 0 saturated carbocycles. The van der Waals surface area contributed by atoms with Crippen molar-refractivity contribution in [3.05, 3.63) is 44.4 Å². The van der Waals surface area contributed by atoms with E-state index in [-0.39, 0.29) is 5.56 Å². The Labute approximate surface area is 106 Å². The fourth-order valence-electron chi connectivity index (χ4n) is 1.27. The zero-order chi connectivity index (χ0) is 11.5. The molecule has 0 spiro atoms. The molecule has 1 aromatic carbocycles. The molecule has 1 heterocycles. The third kappa shape index (κ3) is 2.24. The predicted octanol–water partition coefficient (Wildman–Crippen LogP) is 2.05. The van der Waals surface area contributed by atoms with Gasteiger partial charge in [0.15, 0.2) is 0 Å². The van der Waals surface area contributed by atoms with Crippen LogP contribution in [0.3, 0.4) is 0 Å². The minimum atomic E-state index is -0.124. The van der Waals surface area contributed by atoms with Gasteiger partial charge in [-0.1, -0.05) is 0 Å². The van der Waals surface area contributed by atoms with Gasteiger partial charge in [0.05, 0.1) is 10.7 Å². The van der Waals surface area contributed by atoms with Crippen LogP contribution in [0.4, 0.5) is 0 Å². The highest BCUT2D eigenvalue weighted by Gasteiger charge is 2.02. The van der Waals surface area contributed by atoms with E-state index in [0.29, 0.717) is 9.39 Å². The summed E-state index contributed by atoms with van der Waals surface area (Å²) in [4.78, 5) is 18.3. The molecule has 1 aromatic heterocycles. The van der Waals surface area contributed by atoms with Gasteiger partial charge in [-0.2, -0.15) is 0 Å². The van der Waals surface area contributed by atoms with Crippen LogP contribution in [-0.4, -0.2) is 17.1 Å². The summed E-state index contributed by atoms with van der Waals surface area (Å²) >= 11 is 1.95. The van der Waals surface area contributed by atoms with Crippen molar-refractivity contribution in [3.8, 4) is 17.1 Å². The molecule has 82 valence electrons. The van der Waals surface area contributed by atoms with E-state index in [1.54, 1.807) is 13.3 Å². The molecule has 0 fully saturated rings. The van der Waals surface area contributed by atoms with Gasteiger partial charge in [0.25, 0.3) is 5.56 Å². The van der Waals surface area contributed by atoms with Gasteiger partial charge >= 0.3 is 0 Å². The number of hydrogen-bond donors (Lipinski definition) is 1. The molecular formula is C11H9IN2O2. The van der Waals surface area contributed by atoms with Crippen molar-refractivity contribution in [2.45, 2.75) is 0 Å². The summed E-state index contributed by atoms with van der Waals surface area (Å²) in [5, 5.41) is 0. The minimum Gasteiger partial charge on any atom is -0.497 e. The third-order valence-electron chi connectivity index (χ3n) is 2.12. The molecule has 0 aliphatic rings. The van der Waals surface area contributed by atoms with Crippen LogP contribution in [0, 0.1) is 3.57 Å². The Hall–Kier alpha value is -1.37. The lowest BCUT2D eigenvalue weighted by Gasteiger charge is -2.02. The van der Waals surface area contributed by atoms with Crippen molar-refractivity contribution in [2.24, 2.45) is 0 Å². The summed E-state index contributed by atoms with van der Waals surface area (Å²) in [5.41, 5.74) is 0.732. The lowest BCUT2D eigenvalue weighted by Crippen LogP contribution is -2.11. The molecule has 0 amide bonds. The molecule has 2 rings (SSSR count). The number of hydrogen-bond acceptors (Lipinski definition) is 3. The van der Waals surface area contributed by atoms with Gasteiger partial charge in [-0.05, 0) is 46.9 Å². The topological polar surface area (TPSA) is 55.0 Å². The van der Waals surface area contributed by atoms with Gasteiger partial charge < -0.3 is 9.72 Å². The molecule has 2 aromatic rings. The van der Waals surface area contributed by atoms with Gasteiger partial charge in [0, 0.05) is 11.8 Å². The van der Waals surface area contributed by atoms with E-state index in [2.05, 4.69) is 9.97 Å². The van der Waals surface area contributed by atoms with E-state index in [1.165, 1.54) is 0 Å².